The number of rotatable bonds is 8. The molecule has 6 nitrogen and oxygen atoms in total. The van der Waals surface area contributed by atoms with Crippen molar-refractivity contribution in [3.63, 3.8) is 0 Å². The van der Waals surface area contributed by atoms with Gasteiger partial charge in [0.25, 0.3) is 0 Å². The number of hydrogen-bond acceptors (Lipinski definition) is 4. The van der Waals surface area contributed by atoms with Gasteiger partial charge in [0, 0.05) is 19.7 Å². The fourth-order valence-corrected chi connectivity index (χ4v) is 2.37. The average Bonchev–Trinajstić information content (AvgIpc) is 3.08. The highest BCUT2D eigenvalue weighted by molar-refractivity contribution is 14.0. The maximum Gasteiger partial charge on any atom is 0.191 e. The van der Waals surface area contributed by atoms with Gasteiger partial charge >= 0.3 is 0 Å². The van der Waals surface area contributed by atoms with E-state index in [4.69, 9.17) is 9.26 Å². The van der Waals surface area contributed by atoms with E-state index < -0.39 is 0 Å². The van der Waals surface area contributed by atoms with Crippen LogP contribution < -0.4 is 10.6 Å². The Bertz CT molecular complexity index is 686. The smallest absolute Gasteiger partial charge is 0.191 e. The maximum atomic E-state index is 5.36. The lowest BCUT2D eigenvalue weighted by Crippen LogP contribution is -2.36. The maximum absolute atomic E-state index is 5.36. The molecule has 2 N–H and O–H groups in total. The molecule has 0 aliphatic rings. The van der Waals surface area contributed by atoms with Crippen molar-refractivity contribution in [2.24, 2.45) is 4.99 Å². The fraction of sp³-hybridized carbons (Fsp3) is 0.474. The highest BCUT2D eigenvalue weighted by atomic mass is 127. The lowest BCUT2D eigenvalue weighted by molar-refractivity contribution is 0.184. The van der Waals surface area contributed by atoms with E-state index in [9.17, 15) is 0 Å². The molecule has 1 aromatic heterocycles. The van der Waals surface area contributed by atoms with Crippen LogP contribution in [0.3, 0.4) is 0 Å². The summed E-state index contributed by atoms with van der Waals surface area (Å²) in [7, 11) is 1.70. The van der Waals surface area contributed by atoms with E-state index in [-0.39, 0.29) is 24.0 Å². The number of nitrogens with one attached hydrogen (secondary N) is 2. The number of halogens is 1. The van der Waals surface area contributed by atoms with Gasteiger partial charge in [-0.2, -0.15) is 0 Å². The lowest BCUT2D eigenvalue weighted by atomic mass is 10.1. The predicted octanol–water partition coefficient (Wildman–Crippen LogP) is 3.82. The van der Waals surface area contributed by atoms with Gasteiger partial charge in [0.1, 0.15) is 0 Å². The minimum Gasteiger partial charge on any atom is -0.380 e. The number of aliphatic imine (C=N–C) groups is 1. The zero-order chi connectivity index (χ0) is 18.1. The lowest BCUT2D eigenvalue weighted by Gasteiger charge is -2.11. The molecule has 0 saturated heterocycles. The normalized spacial score (nSPS) is 11.3. The van der Waals surface area contributed by atoms with E-state index >= 15 is 0 Å². The first-order valence-electron chi connectivity index (χ1n) is 8.67. The summed E-state index contributed by atoms with van der Waals surface area (Å²) in [6.07, 6.45) is 0. The molecule has 0 unspecified atom stereocenters. The van der Waals surface area contributed by atoms with Crippen molar-refractivity contribution in [3.05, 3.63) is 52.9 Å². The van der Waals surface area contributed by atoms with Crippen molar-refractivity contribution in [2.45, 2.75) is 46.4 Å². The number of methoxy groups -OCH3 is 1. The van der Waals surface area contributed by atoms with Crippen LogP contribution in [0.1, 0.15) is 49.3 Å². The van der Waals surface area contributed by atoms with Gasteiger partial charge in [-0.25, -0.2) is 4.99 Å². The number of nitrogens with zero attached hydrogens (tertiary/aromatic N) is 2. The second kappa shape index (κ2) is 11.9. The molecule has 0 atom stereocenters. The summed E-state index contributed by atoms with van der Waals surface area (Å²) >= 11 is 0. The Labute approximate surface area is 172 Å². The Morgan fingerprint density at radius 2 is 1.96 bits per heavy atom. The molecular formula is C19H29IN4O2. The molecule has 0 fully saturated rings. The van der Waals surface area contributed by atoms with Gasteiger partial charge in [-0.1, -0.05) is 43.3 Å². The zero-order valence-electron chi connectivity index (χ0n) is 15.9. The molecule has 2 rings (SSSR count). The number of aromatic nitrogens is 1. The topological polar surface area (TPSA) is 71.7 Å². The third kappa shape index (κ3) is 6.95. The Morgan fingerprint density at radius 1 is 1.23 bits per heavy atom. The van der Waals surface area contributed by atoms with Gasteiger partial charge < -0.3 is 19.9 Å². The molecule has 0 spiro atoms. The van der Waals surface area contributed by atoms with Crippen molar-refractivity contribution >= 4 is 29.9 Å². The van der Waals surface area contributed by atoms with Crippen molar-refractivity contribution < 1.29 is 9.26 Å². The number of hydrogen-bond donors (Lipinski definition) is 2. The Balaban J connectivity index is 0.00000338. The molecule has 0 radical (unpaired) electrons. The largest absolute Gasteiger partial charge is 0.380 e. The molecule has 7 heteroatoms. The number of ether oxygens (including phenoxy) is 1. The molecule has 0 aliphatic carbocycles. The van der Waals surface area contributed by atoms with Gasteiger partial charge in [0.2, 0.25) is 0 Å². The first kappa shape index (κ1) is 22.4. The van der Waals surface area contributed by atoms with Gasteiger partial charge in [-0.3, -0.25) is 0 Å². The molecule has 0 bridgehead atoms. The van der Waals surface area contributed by atoms with Gasteiger partial charge in [-0.05, 0) is 24.0 Å². The van der Waals surface area contributed by atoms with Crippen LogP contribution in [0.5, 0.6) is 0 Å². The second-order valence-electron chi connectivity index (χ2n) is 6.12. The SMILES string of the molecule is CCNC(=NCc1ccccc1COC)NCc1cc(C(C)C)no1.I. The summed E-state index contributed by atoms with van der Waals surface area (Å²) in [4.78, 5) is 4.66. The van der Waals surface area contributed by atoms with Crippen LogP contribution in [0.25, 0.3) is 0 Å². The Morgan fingerprint density at radius 3 is 2.58 bits per heavy atom. The summed E-state index contributed by atoms with van der Waals surface area (Å²) in [6.45, 7) is 8.75. The standard InChI is InChI=1S/C19H28N4O2.HI/c1-5-20-19(22-12-17-10-18(14(2)3)23-25-17)21-11-15-8-6-7-9-16(15)13-24-4;/h6-10,14H,5,11-13H2,1-4H3,(H2,20,21,22);1H. The molecule has 1 heterocycles. The third-order valence-corrected chi connectivity index (χ3v) is 3.77. The molecule has 0 amide bonds. The van der Waals surface area contributed by atoms with Crippen LogP contribution in [-0.4, -0.2) is 24.8 Å². The van der Waals surface area contributed by atoms with E-state index in [2.05, 4.69) is 46.8 Å². The molecule has 144 valence electrons. The Kier molecular flexibility index (Phi) is 10.3. The summed E-state index contributed by atoms with van der Waals surface area (Å²) in [6, 6.07) is 10.2. The quantitative estimate of drug-likeness (QED) is 0.347. The van der Waals surface area contributed by atoms with Crippen LogP contribution in [0.4, 0.5) is 0 Å². The second-order valence-corrected chi connectivity index (χ2v) is 6.12. The minimum atomic E-state index is 0. The average molecular weight is 472 g/mol. The zero-order valence-corrected chi connectivity index (χ0v) is 18.2. The molecule has 0 aliphatic heterocycles. The van der Waals surface area contributed by atoms with Gasteiger partial charge in [-0.15, -0.1) is 24.0 Å². The fourth-order valence-electron chi connectivity index (χ4n) is 2.37. The molecular weight excluding hydrogens is 443 g/mol. The highest BCUT2D eigenvalue weighted by Crippen LogP contribution is 2.14. The first-order chi connectivity index (χ1) is 12.1. The van der Waals surface area contributed by atoms with Crippen molar-refractivity contribution in [2.75, 3.05) is 13.7 Å². The summed E-state index contributed by atoms with van der Waals surface area (Å²) < 4.78 is 10.6. The third-order valence-electron chi connectivity index (χ3n) is 3.77. The van der Waals surface area contributed by atoms with Crippen LogP contribution in [-0.2, 0) is 24.4 Å². The van der Waals surface area contributed by atoms with E-state index in [1.54, 1.807) is 7.11 Å². The van der Waals surface area contributed by atoms with Crippen molar-refractivity contribution in [1.29, 1.82) is 0 Å². The first-order valence-corrected chi connectivity index (χ1v) is 8.67. The van der Waals surface area contributed by atoms with E-state index in [0.29, 0.717) is 25.6 Å². The van der Waals surface area contributed by atoms with Crippen LogP contribution in [0.2, 0.25) is 0 Å². The number of benzene rings is 1. The Hall–Kier alpha value is -1.61. The van der Waals surface area contributed by atoms with Crippen molar-refractivity contribution in [3.8, 4) is 0 Å². The highest BCUT2D eigenvalue weighted by Gasteiger charge is 2.08. The summed E-state index contributed by atoms with van der Waals surface area (Å²) in [5.41, 5.74) is 3.27. The predicted molar refractivity (Wildman–Crippen MR) is 115 cm³/mol. The van der Waals surface area contributed by atoms with Gasteiger partial charge in [0.05, 0.1) is 25.4 Å². The van der Waals surface area contributed by atoms with E-state index in [1.807, 2.05) is 25.1 Å². The number of guanidine groups is 1. The van der Waals surface area contributed by atoms with Crippen LogP contribution in [0.15, 0.2) is 39.8 Å². The monoisotopic (exact) mass is 472 g/mol. The van der Waals surface area contributed by atoms with Crippen LogP contribution in [0, 0.1) is 0 Å². The molecule has 1 aromatic carbocycles. The van der Waals surface area contributed by atoms with Crippen LogP contribution >= 0.6 is 24.0 Å². The van der Waals surface area contributed by atoms with Crippen molar-refractivity contribution in [1.82, 2.24) is 15.8 Å². The van der Waals surface area contributed by atoms with Gasteiger partial charge in [0.15, 0.2) is 11.7 Å². The van der Waals surface area contributed by atoms with E-state index in [1.165, 1.54) is 0 Å². The molecule has 2 aromatic rings. The molecule has 26 heavy (non-hydrogen) atoms. The summed E-state index contributed by atoms with van der Waals surface area (Å²) in [5, 5.41) is 10.6. The molecule has 0 saturated carbocycles. The summed E-state index contributed by atoms with van der Waals surface area (Å²) in [5.74, 6) is 1.91. The van der Waals surface area contributed by atoms with E-state index in [0.717, 1.165) is 35.1 Å². The minimum absolute atomic E-state index is 0.